The summed E-state index contributed by atoms with van der Waals surface area (Å²) in [6.07, 6.45) is 4.60. The maximum absolute atomic E-state index is 15.0. The number of fused-ring (bicyclic) bond motifs is 1. The second-order valence-electron chi connectivity index (χ2n) is 9.05. The first-order valence-corrected chi connectivity index (χ1v) is 11.6. The van der Waals surface area contributed by atoms with E-state index < -0.39 is 5.67 Å². The topological polar surface area (TPSA) is 74.6 Å². The Morgan fingerprint density at radius 1 is 1.21 bits per heavy atom. The van der Waals surface area contributed by atoms with E-state index in [1.165, 1.54) is 0 Å². The number of nitrogens with zero attached hydrogens (tertiary/aromatic N) is 5. The predicted molar refractivity (Wildman–Crippen MR) is 127 cm³/mol. The third kappa shape index (κ3) is 4.19. The molecule has 2 aliphatic rings. The number of likely N-dealkylation sites (N-methyl/N-ethyl adjacent to an activating group) is 1. The molecule has 7 nitrogen and oxygen atoms in total. The standard InChI is InChI=1S/C25H30FN5O2/c1-30(14-15-32)18-5-6-21-20(16-18)22(29-24(28-21)25(26)9-10-25)31-12-7-17(8-13-31)19-4-3-11-27-23(19)33-2/h3-6,11,16-17,32H,7-10,12-15H2,1-2H3. The van der Waals surface area contributed by atoms with Gasteiger partial charge in [-0.2, -0.15) is 0 Å². The predicted octanol–water partition coefficient (Wildman–Crippen LogP) is 3.80. The van der Waals surface area contributed by atoms with Crippen molar-refractivity contribution in [3.8, 4) is 5.88 Å². The van der Waals surface area contributed by atoms with Gasteiger partial charge in [0.05, 0.1) is 19.2 Å². The zero-order chi connectivity index (χ0) is 23.0. The molecule has 0 amide bonds. The third-order valence-corrected chi connectivity index (χ3v) is 6.85. The van der Waals surface area contributed by atoms with Gasteiger partial charge in [0.2, 0.25) is 5.88 Å². The van der Waals surface area contributed by atoms with Crippen LogP contribution < -0.4 is 14.5 Å². The van der Waals surface area contributed by atoms with Crippen molar-refractivity contribution in [1.82, 2.24) is 15.0 Å². The molecule has 0 unspecified atom stereocenters. The molecular weight excluding hydrogens is 421 g/mol. The molecule has 2 fully saturated rings. The Morgan fingerprint density at radius 2 is 2.00 bits per heavy atom. The lowest BCUT2D eigenvalue weighted by atomic mass is 9.90. The summed E-state index contributed by atoms with van der Waals surface area (Å²) in [5.74, 6) is 2.15. The molecular formula is C25H30FN5O2. The lowest BCUT2D eigenvalue weighted by Crippen LogP contribution is -2.34. The minimum Gasteiger partial charge on any atom is -0.481 e. The fourth-order valence-corrected chi connectivity index (χ4v) is 4.68. The van der Waals surface area contributed by atoms with E-state index in [4.69, 9.17) is 9.72 Å². The number of alkyl halides is 1. The van der Waals surface area contributed by atoms with Crippen LogP contribution in [0.2, 0.25) is 0 Å². The maximum Gasteiger partial charge on any atom is 0.216 e. The van der Waals surface area contributed by atoms with Crippen molar-refractivity contribution in [1.29, 1.82) is 0 Å². The second-order valence-corrected chi connectivity index (χ2v) is 9.05. The van der Waals surface area contributed by atoms with Crippen LogP contribution in [0.25, 0.3) is 10.9 Å². The average Bonchev–Trinajstić information content (AvgIpc) is 3.61. The highest BCUT2D eigenvalue weighted by Gasteiger charge is 2.48. The Morgan fingerprint density at radius 3 is 2.70 bits per heavy atom. The van der Waals surface area contributed by atoms with Crippen LogP contribution in [0.1, 0.15) is 43.0 Å². The number of aliphatic hydroxyl groups excluding tert-OH is 1. The molecule has 0 spiro atoms. The first-order valence-electron chi connectivity index (χ1n) is 11.6. The molecule has 0 bridgehead atoms. The molecule has 8 heteroatoms. The molecule has 1 saturated heterocycles. The monoisotopic (exact) mass is 451 g/mol. The van der Waals surface area contributed by atoms with E-state index in [2.05, 4.69) is 27.0 Å². The number of pyridine rings is 1. The zero-order valence-corrected chi connectivity index (χ0v) is 19.2. The molecule has 1 aliphatic heterocycles. The van der Waals surface area contributed by atoms with E-state index in [9.17, 15) is 9.50 Å². The first kappa shape index (κ1) is 21.8. The average molecular weight is 452 g/mol. The molecule has 0 radical (unpaired) electrons. The van der Waals surface area contributed by atoms with Gasteiger partial charge in [-0.05, 0) is 55.9 Å². The van der Waals surface area contributed by atoms with E-state index in [0.717, 1.165) is 53.9 Å². The number of aliphatic hydroxyl groups is 1. The number of rotatable bonds is 7. The van der Waals surface area contributed by atoms with Gasteiger partial charge in [-0.3, -0.25) is 0 Å². The van der Waals surface area contributed by atoms with Gasteiger partial charge in [0.25, 0.3) is 0 Å². The van der Waals surface area contributed by atoms with Crippen LogP contribution >= 0.6 is 0 Å². The normalized spacial score (nSPS) is 17.9. The molecule has 5 rings (SSSR count). The highest BCUT2D eigenvalue weighted by molar-refractivity contribution is 5.92. The van der Waals surface area contributed by atoms with Crippen LogP contribution in [0.3, 0.4) is 0 Å². The number of methoxy groups -OCH3 is 1. The summed E-state index contributed by atoms with van der Waals surface area (Å²) in [6.45, 7) is 2.23. The van der Waals surface area contributed by atoms with Gasteiger partial charge in [0, 0.05) is 49.5 Å². The summed E-state index contributed by atoms with van der Waals surface area (Å²) in [7, 11) is 3.60. The van der Waals surface area contributed by atoms with Crippen molar-refractivity contribution in [2.24, 2.45) is 0 Å². The van der Waals surface area contributed by atoms with Gasteiger partial charge < -0.3 is 19.6 Å². The maximum atomic E-state index is 15.0. The van der Waals surface area contributed by atoms with Gasteiger partial charge in [-0.25, -0.2) is 19.3 Å². The molecule has 1 saturated carbocycles. The lowest BCUT2D eigenvalue weighted by molar-refractivity contribution is 0.301. The van der Waals surface area contributed by atoms with Crippen molar-refractivity contribution in [3.05, 3.63) is 47.9 Å². The van der Waals surface area contributed by atoms with Crippen LogP contribution in [0, 0.1) is 0 Å². The fraction of sp³-hybridized carbons (Fsp3) is 0.480. The van der Waals surface area contributed by atoms with Crippen molar-refractivity contribution in [3.63, 3.8) is 0 Å². The van der Waals surface area contributed by atoms with Crippen molar-refractivity contribution < 1.29 is 14.2 Å². The van der Waals surface area contributed by atoms with Gasteiger partial charge in [0.15, 0.2) is 11.5 Å². The molecule has 3 heterocycles. The van der Waals surface area contributed by atoms with Crippen molar-refractivity contribution in [2.45, 2.75) is 37.3 Å². The largest absolute Gasteiger partial charge is 0.481 e. The summed E-state index contributed by atoms with van der Waals surface area (Å²) in [6, 6.07) is 10.0. The Labute approximate surface area is 193 Å². The smallest absolute Gasteiger partial charge is 0.216 e. The Hall–Kier alpha value is -3.00. The number of hydrogen-bond donors (Lipinski definition) is 1. The fourth-order valence-electron chi connectivity index (χ4n) is 4.68. The number of anilines is 2. The Bertz CT molecular complexity index is 1140. The minimum atomic E-state index is -1.39. The quantitative estimate of drug-likeness (QED) is 0.586. The summed E-state index contributed by atoms with van der Waals surface area (Å²) in [5.41, 5.74) is 1.49. The summed E-state index contributed by atoms with van der Waals surface area (Å²) < 4.78 is 20.5. The number of piperidine rings is 1. The second kappa shape index (κ2) is 8.74. The number of halogens is 1. The van der Waals surface area contributed by atoms with Gasteiger partial charge in [0.1, 0.15) is 5.82 Å². The lowest BCUT2D eigenvalue weighted by Gasteiger charge is -2.34. The molecule has 1 N–H and O–H groups in total. The molecule has 2 aromatic heterocycles. The Balaban J connectivity index is 1.48. The molecule has 1 aromatic carbocycles. The highest BCUT2D eigenvalue weighted by Crippen LogP contribution is 2.49. The van der Waals surface area contributed by atoms with Crippen LogP contribution in [0.4, 0.5) is 15.9 Å². The van der Waals surface area contributed by atoms with Crippen LogP contribution in [0.15, 0.2) is 36.5 Å². The molecule has 3 aromatic rings. The zero-order valence-electron chi connectivity index (χ0n) is 19.2. The van der Waals surface area contributed by atoms with Gasteiger partial charge >= 0.3 is 0 Å². The third-order valence-electron chi connectivity index (χ3n) is 6.85. The van der Waals surface area contributed by atoms with Crippen LogP contribution in [0.5, 0.6) is 5.88 Å². The highest BCUT2D eigenvalue weighted by atomic mass is 19.1. The molecule has 1 aliphatic carbocycles. The van der Waals surface area contributed by atoms with E-state index in [-0.39, 0.29) is 6.61 Å². The molecule has 174 valence electrons. The Kier molecular flexibility index (Phi) is 5.78. The van der Waals surface area contributed by atoms with Gasteiger partial charge in [-0.15, -0.1) is 0 Å². The molecule has 33 heavy (non-hydrogen) atoms. The van der Waals surface area contributed by atoms with Crippen molar-refractivity contribution >= 4 is 22.4 Å². The van der Waals surface area contributed by atoms with Crippen LogP contribution in [-0.4, -0.2) is 60.5 Å². The number of aromatic nitrogens is 3. The van der Waals surface area contributed by atoms with Gasteiger partial charge in [-0.1, -0.05) is 6.07 Å². The van der Waals surface area contributed by atoms with E-state index >= 15 is 0 Å². The molecule has 0 atom stereocenters. The van der Waals surface area contributed by atoms with E-state index in [0.29, 0.717) is 37.0 Å². The SMILES string of the molecule is COc1ncccc1C1CCN(c2nc(C3(F)CC3)nc3ccc(N(C)CCO)cc23)CC1. The summed E-state index contributed by atoms with van der Waals surface area (Å²) >= 11 is 0. The van der Waals surface area contributed by atoms with E-state index in [1.807, 2.05) is 30.1 Å². The summed E-state index contributed by atoms with van der Waals surface area (Å²) in [5, 5.41) is 10.2. The summed E-state index contributed by atoms with van der Waals surface area (Å²) in [4.78, 5) is 18.0. The van der Waals surface area contributed by atoms with Crippen molar-refractivity contribution in [2.75, 3.05) is 50.2 Å². The van der Waals surface area contributed by atoms with Crippen LogP contribution in [-0.2, 0) is 5.67 Å². The number of ether oxygens (including phenoxy) is 1. The van der Waals surface area contributed by atoms with E-state index in [1.54, 1.807) is 13.3 Å². The minimum absolute atomic E-state index is 0.0759. The number of hydrogen-bond acceptors (Lipinski definition) is 7. The number of benzene rings is 1. The first-order chi connectivity index (χ1) is 16.0.